The Balaban J connectivity index is 0.000000151. The molecule has 3 aromatic rings. The van der Waals surface area contributed by atoms with E-state index in [1.807, 2.05) is 28.9 Å². The smallest absolute Gasteiger partial charge is 0.136 e. The molecule has 3 aromatic heterocycles. The Morgan fingerprint density at radius 2 is 1.70 bits per heavy atom. The van der Waals surface area contributed by atoms with E-state index < -0.39 is 0 Å². The maximum absolute atomic E-state index is 8.80. The Morgan fingerprint density at radius 1 is 0.950 bits per heavy atom. The third-order valence-corrected chi connectivity index (χ3v) is 2.67. The number of aromatic nitrogens is 3. The molecule has 3 rings (SSSR count). The molecule has 104 valence electrons. The summed E-state index contributed by atoms with van der Waals surface area (Å²) >= 11 is 0. The van der Waals surface area contributed by atoms with Crippen molar-refractivity contribution in [3.8, 4) is 0 Å². The van der Waals surface area contributed by atoms with Crippen molar-refractivity contribution in [2.24, 2.45) is 0 Å². The van der Waals surface area contributed by atoms with Crippen molar-refractivity contribution in [2.45, 2.75) is 13.2 Å². The Labute approximate surface area is 116 Å². The van der Waals surface area contributed by atoms with Gasteiger partial charge in [-0.25, -0.2) is 9.97 Å². The topological polar surface area (TPSA) is 96.7 Å². The molecule has 0 fully saturated rings. The van der Waals surface area contributed by atoms with E-state index in [0.29, 0.717) is 5.82 Å². The van der Waals surface area contributed by atoms with Crippen molar-refractivity contribution in [1.82, 2.24) is 14.4 Å². The van der Waals surface area contributed by atoms with Gasteiger partial charge in [0, 0.05) is 24.8 Å². The number of nitrogen functional groups attached to an aromatic ring is 1. The Morgan fingerprint density at radius 3 is 2.35 bits per heavy atom. The minimum Gasteiger partial charge on any atom is -0.392 e. The number of hydrogen-bond donors (Lipinski definition) is 3. The highest BCUT2D eigenvalue weighted by atomic mass is 16.3. The summed E-state index contributed by atoms with van der Waals surface area (Å²) in [6, 6.07) is 7.09. The predicted octanol–water partition coefficient (Wildman–Crippen LogP) is 0.983. The molecule has 0 spiro atoms. The van der Waals surface area contributed by atoms with Crippen molar-refractivity contribution in [3.63, 3.8) is 0 Å². The first-order valence-corrected chi connectivity index (χ1v) is 6.06. The fraction of sp³-hybridized carbons (Fsp3) is 0.143. The quantitative estimate of drug-likeness (QED) is 0.646. The van der Waals surface area contributed by atoms with Crippen LogP contribution in [-0.4, -0.2) is 24.6 Å². The third kappa shape index (κ3) is 3.53. The van der Waals surface area contributed by atoms with E-state index >= 15 is 0 Å². The number of imidazole rings is 1. The van der Waals surface area contributed by atoms with Crippen LogP contribution in [0.25, 0.3) is 5.65 Å². The minimum absolute atomic E-state index is 0.0206. The van der Waals surface area contributed by atoms with Crippen molar-refractivity contribution in [1.29, 1.82) is 0 Å². The molecule has 0 radical (unpaired) electrons. The molecule has 20 heavy (non-hydrogen) atoms. The van der Waals surface area contributed by atoms with Gasteiger partial charge in [-0.3, -0.25) is 0 Å². The molecule has 0 atom stereocenters. The number of aliphatic hydroxyl groups is 2. The van der Waals surface area contributed by atoms with Gasteiger partial charge in [-0.1, -0.05) is 0 Å². The second-order valence-corrected chi connectivity index (χ2v) is 4.13. The van der Waals surface area contributed by atoms with E-state index in [0.717, 1.165) is 16.8 Å². The maximum Gasteiger partial charge on any atom is 0.136 e. The van der Waals surface area contributed by atoms with Crippen LogP contribution >= 0.6 is 0 Å². The van der Waals surface area contributed by atoms with Crippen LogP contribution in [0.3, 0.4) is 0 Å². The number of anilines is 1. The fourth-order valence-electron chi connectivity index (χ4n) is 1.64. The summed E-state index contributed by atoms with van der Waals surface area (Å²) in [7, 11) is 0. The number of aliphatic hydroxyl groups excluding tert-OH is 2. The molecule has 0 saturated heterocycles. The zero-order valence-corrected chi connectivity index (χ0v) is 10.8. The van der Waals surface area contributed by atoms with Gasteiger partial charge in [0.15, 0.2) is 0 Å². The van der Waals surface area contributed by atoms with E-state index in [1.54, 1.807) is 24.5 Å². The molecule has 0 bridgehead atoms. The first-order valence-electron chi connectivity index (χ1n) is 6.06. The van der Waals surface area contributed by atoms with Gasteiger partial charge in [0.25, 0.3) is 0 Å². The predicted molar refractivity (Wildman–Crippen MR) is 75.7 cm³/mol. The van der Waals surface area contributed by atoms with Gasteiger partial charge in [-0.15, -0.1) is 0 Å². The van der Waals surface area contributed by atoms with Crippen LogP contribution in [0.1, 0.15) is 11.1 Å². The molecule has 4 N–H and O–H groups in total. The molecule has 0 aliphatic carbocycles. The van der Waals surface area contributed by atoms with Crippen LogP contribution in [0.4, 0.5) is 5.82 Å². The molecule has 0 saturated carbocycles. The summed E-state index contributed by atoms with van der Waals surface area (Å²) in [6.07, 6.45) is 7.06. The molecule has 3 heterocycles. The molecular weight excluding hydrogens is 256 g/mol. The van der Waals surface area contributed by atoms with Crippen molar-refractivity contribution in [2.75, 3.05) is 5.73 Å². The van der Waals surface area contributed by atoms with Gasteiger partial charge >= 0.3 is 0 Å². The van der Waals surface area contributed by atoms with Crippen molar-refractivity contribution >= 4 is 11.5 Å². The first kappa shape index (κ1) is 14.0. The van der Waals surface area contributed by atoms with Crippen LogP contribution < -0.4 is 5.73 Å². The number of pyridine rings is 2. The highest BCUT2D eigenvalue weighted by Gasteiger charge is 1.93. The summed E-state index contributed by atoms with van der Waals surface area (Å²) in [5, 5.41) is 17.4. The van der Waals surface area contributed by atoms with E-state index in [-0.39, 0.29) is 13.2 Å². The van der Waals surface area contributed by atoms with E-state index in [4.69, 9.17) is 15.9 Å². The standard InChI is InChI=1S/C8H8N2O.C6H8N2O/c11-6-7-1-3-10-4-2-9-8(10)5-7;7-6-3-5(4-9)1-2-8-6/h1-5,11H,6H2;1-3,9H,4H2,(H2,7,8). The lowest BCUT2D eigenvalue weighted by Crippen LogP contribution is -1.91. The molecule has 0 unspecified atom stereocenters. The molecule has 6 heteroatoms. The van der Waals surface area contributed by atoms with Gasteiger partial charge in [-0.2, -0.15) is 0 Å². The van der Waals surface area contributed by atoms with Gasteiger partial charge in [0.1, 0.15) is 11.5 Å². The highest BCUT2D eigenvalue weighted by molar-refractivity contribution is 5.40. The molecular formula is C14H16N4O2. The van der Waals surface area contributed by atoms with Gasteiger partial charge in [-0.05, 0) is 35.4 Å². The van der Waals surface area contributed by atoms with Crippen LogP contribution in [0, 0.1) is 0 Å². The van der Waals surface area contributed by atoms with Crippen molar-refractivity contribution < 1.29 is 10.2 Å². The maximum atomic E-state index is 8.80. The Kier molecular flexibility index (Phi) is 4.65. The van der Waals surface area contributed by atoms with Gasteiger partial charge in [0.05, 0.1) is 13.2 Å². The van der Waals surface area contributed by atoms with Gasteiger partial charge in [0.2, 0.25) is 0 Å². The Bertz CT molecular complexity index is 682. The average Bonchev–Trinajstić information content (AvgIpc) is 2.95. The van der Waals surface area contributed by atoms with E-state index in [2.05, 4.69) is 9.97 Å². The second-order valence-electron chi connectivity index (χ2n) is 4.13. The van der Waals surface area contributed by atoms with Crippen LogP contribution in [0.15, 0.2) is 49.1 Å². The summed E-state index contributed by atoms with van der Waals surface area (Å²) in [5.74, 6) is 0.446. The lowest BCUT2D eigenvalue weighted by atomic mass is 10.3. The summed E-state index contributed by atoms with van der Waals surface area (Å²) in [5.41, 5.74) is 7.87. The fourth-order valence-corrected chi connectivity index (χ4v) is 1.64. The second kappa shape index (κ2) is 6.65. The SMILES string of the molecule is Nc1cc(CO)ccn1.OCc1ccn2ccnc2c1. The van der Waals surface area contributed by atoms with E-state index in [9.17, 15) is 0 Å². The van der Waals surface area contributed by atoms with Crippen LogP contribution in [-0.2, 0) is 13.2 Å². The number of rotatable bonds is 2. The first-order chi connectivity index (χ1) is 9.72. The molecule has 0 aromatic carbocycles. The Hall–Kier alpha value is -2.44. The normalized spacial score (nSPS) is 10.1. The number of nitrogens with zero attached hydrogens (tertiary/aromatic N) is 3. The third-order valence-electron chi connectivity index (χ3n) is 2.67. The van der Waals surface area contributed by atoms with Gasteiger partial charge < -0.3 is 20.3 Å². The largest absolute Gasteiger partial charge is 0.392 e. The zero-order valence-electron chi connectivity index (χ0n) is 10.8. The highest BCUT2D eigenvalue weighted by Crippen LogP contribution is 2.04. The zero-order chi connectivity index (χ0) is 14.4. The molecule has 6 nitrogen and oxygen atoms in total. The van der Waals surface area contributed by atoms with E-state index in [1.165, 1.54) is 0 Å². The number of fused-ring (bicyclic) bond motifs is 1. The summed E-state index contributed by atoms with van der Waals surface area (Å²) in [4.78, 5) is 7.83. The molecule has 0 aliphatic rings. The monoisotopic (exact) mass is 272 g/mol. The molecule has 0 aliphatic heterocycles. The lowest BCUT2D eigenvalue weighted by molar-refractivity contribution is 0.281. The summed E-state index contributed by atoms with van der Waals surface area (Å²) in [6.45, 7) is 0.0933. The summed E-state index contributed by atoms with van der Waals surface area (Å²) < 4.78 is 1.90. The lowest BCUT2D eigenvalue weighted by Gasteiger charge is -1.95. The molecule has 0 amide bonds. The minimum atomic E-state index is 0.0206. The average molecular weight is 272 g/mol. The number of hydrogen-bond acceptors (Lipinski definition) is 5. The van der Waals surface area contributed by atoms with Crippen LogP contribution in [0.2, 0.25) is 0 Å². The van der Waals surface area contributed by atoms with Crippen molar-refractivity contribution in [3.05, 3.63) is 60.2 Å². The number of nitrogens with two attached hydrogens (primary N) is 1. The van der Waals surface area contributed by atoms with Crippen LogP contribution in [0.5, 0.6) is 0 Å².